The molecular weight excluding hydrogens is 296 g/mol. The predicted octanol–water partition coefficient (Wildman–Crippen LogP) is 3.81. The average Bonchev–Trinajstić information content (AvgIpc) is 2.94. The first-order valence-electron chi connectivity index (χ1n) is 6.82. The van der Waals surface area contributed by atoms with Crippen molar-refractivity contribution in [1.82, 2.24) is 9.97 Å². The highest BCUT2D eigenvalue weighted by Crippen LogP contribution is 2.31. The molecule has 2 heterocycles. The van der Waals surface area contributed by atoms with Crippen LogP contribution in [0, 0.1) is 0 Å². The van der Waals surface area contributed by atoms with Gasteiger partial charge >= 0.3 is 0 Å². The number of ether oxygens (including phenoxy) is 1. The fourth-order valence-corrected chi connectivity index (χ4v) is 3.52. The quantitative estimate of drug-likeness (QED) is 0.612. The van der Waals surface area contributed by atoms with Gasteiger partial charge in [0, 0.05) is 15.6 Å². The van der Waals surface area contributed by atoms with Gasteiger partial charge in [-0.2, -0.15) is 0 Å². The van der Waals surface area contributed by atoms with Crippen molar-refractivity contribution in [2.45, 2.75) is 0 Å². The van der Waals surface area contributed by atoms with Gasteiger partial charge in [0.1, 0.15) is 16.3 Å². The Morgan fingerprint density at radius 2 is 1.86 bits per heavy atom. The third-order valence-corrected chi connectivity index (χ3v) is 4.75. The van der Waals surface area contributed by atoms with E-state index in [-0.39, 0.29) is 5.56 Å². The van der Waals surface area contributed by atoms with Gasteiger partial charge in [0.2, 0.25) is 0 Å². The van der Waals surface area contributed by atoms with Crippen LogP contribution >= 0.6 is 11.3 Å². The van der Waals surface area contributed by atoms with E-state index in [0.29, 0.717) is 10.5 Å². The summed E-state index contributed by atoms with van der Waals surface area (Å²) in [5, 5.41) is 1.02. The summed E-state index contributed by atoms with van der Waals surface area (Å²) in [5.41, 5.74) is 1.52. The Morgan fingerprint density at radius 1 is 1.09 bits per heavy atom. The molecule has 2 aromatic carbocycles. The highest BCUT2D eigenvalue weighted by molar-refractivity contribution is 7.25. The van der Waals surface area contributed by atoms with E-state index in [1.54, 1.807) is 7.11 Å². The molecule has 0 amide bonds. The number of rotatable bonds is 2. The number of benzene rings is 2. The third kappa shape index (κ3) is 1.98. The minimum Gasteiger partial charge on any atom is -0.497 e. The molecule has 0 unspecified atom stereocenters. The fraction of sp³-hybridized carbons (Fsp3) is 0.0588. The van der Waals surface area contributed by atoms with Crippen molar-refractivity contribution in [2.75, 3.05) is 7.11 Å². The van der Waals surface area contributed by atoms with E-state index in [0.717, 1.165) is 26.9 Å². The number of fused-ring (bicyclic) bond motifs is 3. The second-order valence-corrected chi connectivity index (χ2v) is 5.97. The van der Waals surface area contributed by atoms with Crippen LogP contribution in [0.1, 0.15) is 0 Å². The number of aromatic nitrogens is 2. The zero-order chi connectivity index (χ0) is 15.1. The van der Waals surface area contributed by atoms with Gasteiger partial charge in [0.15, 0.2) is 0 Å². The number of H-pyrrole nitrogens is 1. The molecule has 22 heavy (non-hydrogen) atoms. The molecule has 108 valence electrons. The van der Waals surface area contributed by atoms with Crippen LogP contribution in [-0.2, 0) is 0 Å². The molecule has 0 spiro atoms. The Kier molecular flexibility index (Phi) is 2.94. The van der Waals surface area contributed by atoms with E-state index in [2.05, 4.69) is 9.97 Å². The summed E-state index contributed by atoms with van der Waals surface area (Å²) in [7, 11) is 1.62. The predicted molar refractivity (Wildman–Crippen MR) is 89.7 cm³/mol. The molecule has 0 aliphatic heterocycles. The van der Waals surface area contributed by atoms with E-state index >= 15 is 0 Å². The Morgan fingerprint density at radius 3 is 2.64 bits per heavy atom. The van der Waals surface area contributed by atoms with Crippen LogP contribution in [0.5, 0.6) is 5.75 Å². The van der Waals surface area contributed by atoms with Gasteiger partial charge in [-0.05, 0) is 30.3 Å². The molecule has 0 radical (unpaired) electrons. The summed E-state index contributed by atoms with van der Waals surface area (Å²) in [4.78, 5) is 19.9. The molecule has 4 rings (SSSR count). The molecule has 5 heteroatoms. The van der Waals surface area contributed by atoms with E-state index in [1.807, 2.05) is 48.5 Å². The molecule has 0 saturated carbocycles. The van der Waals surface area contributed by atoms with Crippen molar-refractivity contribution in [3.63, 3.8) is 0 Å². The molecule has 0 aliphatic rings. The van der Waals surface area contributed by atoms with E-state index in [9.17, 15) is 4.79 Å². The van der Waals surface area contributed by atoms with Crippen molar-refractivity contribution in [2.24, 2.45) is 0 Å². The van der Waals surface area contributed by atoms with Gasteiger partial charge in [0.05, 0.1) is 12.6 Å². The molecule has 4 nitrogen and oxygen atoms in total. The lowest BCUT2D eigenvalue weighted by Crippen LogP contribution is -2.07. The number of hydrogen-bond donors (Lipinski definition) is 1. The summed E-state index contributed by atoms with van der Waals surface area (Å²) in [6.07, 6.45) is 0. The van der Waals surface area contributed by atoms with Crippen LogP contribution in [0.3, 0.4) is 0 Å². The van der Waals surface area contributed by atoms with Gasteiger partial charge in [-0.1, -0.05) is 18.2 Å². The van der Waals surface area contributed by atoms with Crippen molar-refractivity contribution < 1.29 is 4.74 Å². The Bertz CT molecular complexity index is 1030. The lowest BCUT2D eigenvalue weighted by Gasteiger charge is -2.03. The zero-order valence-corrected chi connectivity index (χ0v) is 12.6. The van der Waals surface area contributed by atoms with Crippen LogP contribution in [-0.4, -0.2) is 17.1 Å². The van der Waals surface area contributed by atoms with Crippen LogP contribution in [0.4, 0.5) is 0 Å². The molecule has 0 saturated heterocycles. The second-order valence-electron chi connectivity index (χ2n) is 4.92. The topological polar surface area (TPSA) is 55.0 Å². The van der Waals surface area contributed by atoms with Gasteiger partial charge in [-0.15, -0.1) is 11.3 Å². The monoisotopic (exact) mass is 308 g/mol. The van der Waals surface area contributed by atoms with Gasteiger partial charge in [0.25, 0.3) is 5.56 Å². The molecule has 4 aromatic rings. The molecular formula is C17H12N2O2S. The highest BCUT2D eigenvalue weighted by Gasteiger charge is 2.12. The van der Waals surface area contributed by atoms with Crippen molar-refractivity contribution in [3.05, 3.63) is 58.9 Å². The first-order valence-corrected chi connectivity index (χ1v) is 7.64. The lowest BCUT2D eigenvalue weighted by atomic mass is 10.2. The van der Waals surface area contributed by atoms with Crippen LogP contribution < -0.4 is 10.3 Å². The number of methoxy groups -OCH3 is 1. The van der Waals surface area contributed by atoms with Gasteiger partial charge in [-0.3, -0.25) is 4.79 Å². The SMILES string of the molecule is COc1ccc(-c2nc3c(sc4ccccc43)c(=O)[nH]2)cc1. The first-order chi connectivity index (χ1) is 10.8. The second kappa shape index (κ2) is 4.96. The Labute approximate surface area is 130 Å². The number of aromatic amines is 1. The lowest BCUT2D eigenvalue weighted by molar-refractivity contribution is 0.415. The smallest absolute Gasteiger partial charge is 0.269 e. The Balaban J connectivity index is 1.98. The van der Waals surface area contributed by atoms with Crippen LogP contribution in [0.2, 0.25) is 0 Å². The molecule has 0 fully saturated rings. The summed E-state index contributed by atoms with van der Waals surface area (Å²) < 4.78 is 6.89. The maximum atomic E-state index is 12.4. The van der Waals surface area contributed by atoms with Gasteiger partial charge < -0.3 is 9.72 Å². The van der Waals surface area contributed by atoms with E-state index in [4.69, 9.17) is 4.74 Å². The molecule has 0 aliphatic carbocycles. The van der Waals surface area contributed by atoms with E-state index in [1.165, 1.54) is 11.3 Å². The normalized spacial score (nSPS) is 11.1. The highest BCUT2D eigenvalue weighted by atomic mass is 32.1. The zero-order valence-electron chi connectivity index (χ0n) is 11.8. The number of hydrogen-bond acceptors (Lipinski definition) is 4. The summed E-state index contributed by atoms with van der Waals surface area (Å²) >= 11 is 1.47. The molecule has 2 aromatic heterocycles. The summed E-state index contributed by atoms with van der Waals surface area (Å²) in [6.45, 7) is 0. The third-order valence-electron chi connectivity index (χ3n) is 3.59. The van der Waals surface area contributed by atoms with Crippen LogP contribution in [0.15, 0.2) is 53.3 Å². The summed E-state index contributed by atoms with van der Waals surface area (Å²) in [6, 6.07) is 15.4. The van der Waals surface area contributed by atoms with Crippen LogP contribution in [0.25, 0.3) is 31.7 Å². The molecule has 0 bridgehead atoms. The average molecular weight is 308 g/mol. The summed E-state index contributed by atoms with van der Waals surface area (Å²) in [5.74, 6) is 1.34. The minimum atomic E-state index is -0.1000. The van der Waals surface area contributed by atoms with Gasteiger partial charge in [-0.25, -0.2) is 4.98 Å². The maximum absolute atomic E-state index is 12.4. The Hall–Kier alpha value is -2.66. The largest absolute Gasteiger partial charge is 0.497 e. The number of nitrogens with zero attached hydrogens (tertiary/aromatic N) is 1. The van der Waals surface area contributed by atoms with E-state index < -0.39 is 0 Å². The fourth-order valence-electron chi connectivity index (χ4n) is 2.49. The maximum Gasteiger partial charge on any atom is 0.269 e. The molecule has 0 atom stereocenters. The molecule has 1 N–H and O–H groups in total. The number of nitrogens with one attached hydrogen (secondary N) is 1. The minimum absolute atomic E-state index is 0.1000. The standard InChI is InChI=1S/C17H12N2O2S/c1-21-11-8-6-10(7-9-11)16-18-14-12-4-2-3-5-13(12)22-15(14)17(20)19-16/h2-9H,1H3,(H,18,19,20). The first kappa shape index (κ1) is 13.0. The van der Waals surface area contributed by atoms with Crippen molar-refractivity contribution in [1.29, 1.82) is 0 Å². The van der Waals surface area contributed by atoms with Crippen molar-refractivity contribution in [3.8, 4) is 17.1 Å². The van der Waals surface area contributed by atoms with Crippen molar-refractivity contribution >= 4 is 31.6 Å². The number of thiophene rings is 1.